The van der Waals surface area contributed by atoms with E-state index in [0.717, 1.165) is 29.8 Å². The molecule has 0 bridgehead atoms. The first kappa shape index (κ1) is 17.3. The Hall–Kier alpha value is -2.10. The number of benzene rings is 1. The minimum atomic E-state index is -0.119. The first-order valence-electron chi connectivity index (χ1n) is 8.51. The Morgan fingerprint density at radius 2 is 1.96 bits per heavy atom. The minimum Gasteiger partial charge on any atom is -0.345 e. The highest BCUT2D eigenvalue weighted by Gasteiger charge is 2.11. The van der Waals surface area contributed by atoms with Crippen LogP contribution in [0.1, 0.15) is 51.8 Å². The van der Waals surface area contributed by atoms with Gasteiger partial charge in [-0.1, -0.05) is 51.3 Å². The van der Waals surface area contributed by atoms with E-state index < -0.39 is 0 Å². The maximum atomic E-state index is 11.7. The second-order valence-corrected chi connectivity index (χ2v) is 6.05. The van der Waals surface area contributed by atoms with Crippen LogP contribution in [0.2, 0.25) is 0 Å². The number of para-hydroxylation sites is 2. The monoisotopic (exact) mass is 313 g/mol. The molecule has 0 aliphatic rings. The van der Waals surface area contributed by atoms with Gasteiger partial charge in [0.25, 0.3) is 0 Å². The van der Waals surface area contributed by atoms with E-state index in [0.29, 0.717) is 12.1 Å². The average molecular weight is 313 g/mol. The van der Waals surface area contributed by atoms with Gasteiger partial charge in [-0.3, -0.25) is 4.79 Å². The predicted octanol–water partition coefficient (Wildman–Crippen LogP) is 4.20. The number of hydrogen-bond acceptors (Lipinski definition) is 2. The third-order valence-corrected chi connectivity index (χ3v) is 4.01. The Morgan fingerprint density at radius 3 is 2.70 bits per heavy atom. The number of rotatable bonds is 9. The number of aryl methyl sites for hydroxylation is 1. The van der Waals surface area contributed by atoms with Crippen LogP contribution in [0.25, 0.3) is 11.0 Å². The predicted molar refractivity (Wildman–Crippen MR) is 95.2 cm³/mol. The molecular formula is C19H27N3O. The molecule has 2 aromatic rings. The molecule has 1 aromatic heterocycles. The molecule has 0 saturated heterocycles. The summed E-state index contributed by atoms with van der Waals surface area (Å²) in [5.74, 6) is 0.794. The molecule has 1 aromatic carbocycles. The van der Waals surface area contributed by atoms with Crippen LogP contribution in [-0.4, -0.2) is 15.5 Å². The van der Waals surface area contributed by atoms with Gasteiger partial charge in [-0.05, 0) is 25.5 Å². The minimum absolute atomic E-state index is 0.119. The zero-order valence-electron chi connectivity index (χ0n) is 14.3. The largest absolute Gasteiger partial charge is 0.345 e. The Labute approximate surface area is 138 Å². The van der Waals surface area contributed by atoms with Gasteiger partial charge in [0.1, 0.15) is 5.82 Å². The highest BCUT2D eigenvalue weighted by atomic mass is 16.1. The molecule has 0 saturated carbocycles. The van der Waals surface area contributed by atoms with E-state index in [1.807, 2.05) is 18.2 Å². The van der Waals surface area contributed by atoms with Gasteiger partial charge in [-0.25, -0.2) is 4.98 Å². The molecule has 4 nitrogen and oxygen atoms in total. The van der Waals surface area contributed by atoms with Crippen LogP contribution in [0.3, 0.4) is 0 Å². The summed E-state index contributed by atoms with van der Waals surface area (Å²) < 4.78 is 2.24. The lowest BCUT2D eigenvalue weighted by molar-refractivity contribution is -0.117. The van der Waals surface area contributed by atoms with Crippen molar-refractivity contribution < 1.29 is 4.79 Å². The first-order chi connectivity index (χ1) is 11.1. The van der Waals surface area contributed by atoms with E-state index in [1.54, 1.807) is 6.92 Å². The fourth-order valence-corrected chi connectivity index (χ4v) is 2.69. The van der Waals surface area contributed by atoms with Crippen molar-refractivity contribution >= 4 is 16.9 Å². The zero-order valence-corrected chi connectivity index (χ0v) is 14.3. The van der Waals surface area contributed by atoms with Crippen molar-refractivity contribution in [3.05, 3.63) is 42.2 Å². The van der Waals surface area contributed by atoms with Crippen molar-refractivity contribution in [2.75, 3.05) is 0 Å². The Bertz CT molecular complexity index is 672. The van der Waals surface area contributed by atoms with E-state index in [9.17, 15) is 4.79 Å². The molecule has 2 rings (SSSR count). The van der Waals surface area contributed by atoms with Crippen LogP contribution in [-0.2, 0) is 17.9 Å². The Kier molecular flexibility index (Phi) is 6.39. The second-order valence-electron chi connectivity index (χ2n) is 6.05. The van der Waals surface area contributed by atoms with Gasteiger partial charge in [0.15, 0.2) is 0 Å². The van der Waals surface area contributed by atoms with Crippen LogP contribution in [0.4, 0.5) is 0 Å². The Morgan fingerprint density at radius 1 is 1.22 bits per heavy atom. The van der Waals surface area contributed by atoms with Gasteiger partial charge in [-0.15, -0.1) is 0 Å². The molecule has 1 N–H and O–H groups in total. The highest BCUT2D eigenvalue weighted by Crippen LogP contribution is 2.17. The topological polar surface area (TPSA) is 46.9 Å². The van der Waals surface area contributed by atoms with Crippen LogP contribution < -0.4 is 5.32 Å². The number of carbonyl (C=O) groups is 1. The summed E-state index contributed by atoms with van der Waals surface area (Å²) in [7, 11) is 0. The number of nitrogens with zero attached hydrogens (tertiary/aromatic N) is 2. The molecule has 124 valence electrons. The van der Waals surface area contributed by atoms with Crippen molar-refractivity contribution in [3.63, 3.8) is 0 Å². The molecule has 0 aliphatic carbocycles. The van der Waals surface area contributed by atoms with Gasteiger partial charge in [0.05, 0.1) is 17.6 Å². The number of imidazole rings is 1. The van der Waals surface area contributed by atoms with Gasteiger partial charge in [0.2, 0.25) is 5.91 Å². The summed E-state index contributed by atoms with van der Waals surface area (Å²) in [5.41, 5.74) is 2.65. The van der Waals surface area contributed by atoms with Crippen LogP contribution >= 0.6 is 0 Å². The molecule has 0 fully saturated rings. The molecule has 0 unspecified atom stereocenters. The third-order valence-electron chi connectivity index (χ3n) is 4.01. The summed E-state index contributed by atoms with van der Waals surface area (Å²) >= 11 is 0. The zero-order chi connectivity index (χ0) is 16.7. The SMILES string of the molecule is C=C(C)C(=O)NCc1nc2ccccc2n1CCCCCCC. The van der Waals surface area contributed by atoms with Crippen molar-refractivity contribution in [2.45, 2.75) is 59.0 Å². The lowest BCUT2D eigenvalue weighted by Crippen LogP contribution is -2.25. The van der Waals surface area contributed by atoms with Gasteiger partial charge >= 0.3 is 0 Å². The van der Waals surface area contributed by atoms with Gasteiger partial charge < -0.3 is 9.88 Å². The number of nitrogens with one attached hydrogen (secondary N) is 1. The Balaban J connectivity index is 2.09. The molecule has 1 heterocycles. The van der Waals surface area contributed by atoms with Crippen molar-refractivity contribution in [2.24, 2.45) is 0 Å². The number of amides is 1. The highest BCUT2D eigenvalue weighted by molar-refractivity contribution is 5.92. The summed E-state index contributed by atoms with van der Waals surface area (Å²) in [4.78, 5) is 16.4. The smallest absolute Gasteiger partial charge is 0.246 e. The van der Waals surface area contributed by atoms with Crippen LogP contribution in [0.15, 0.2) is 36.4 Å². The molecule has 23 heavy (non-hydrogen) atoms. The molecular weight excluding hydrogens is 286 g/mol. The molecule has 1 amide bonds. The van der Waals surface area contributed by atoms with Crippen molar-refractivity contribution in [1.29, 1.82) is 0 Å². The van der Waals surface area contributed by atoms with E-state index in [-0.39, 0.29) is 5.91 Å². The van der Waals surface area contributed by atoms with E-state index in [4.69, 9.17) is 0 Å². The standard InChI is InChI=1S/C19H27N3O/c1-4-5-6-7-10-13-22-17-12-9-8-11-16(17)21-18(22)14-20-19(23)15(2)3/h8-9,11-12H,2,4-7,10,13-14H2,1,3H3,(H,20,23). The van der Waals surface area contributed by atoms with Crippen molar-refractivity contribution in [1.82, 2.24) is 14.9 Å². The maximum Gasteiger partial charge on any atom is 0.246 e. The first-order valence-corrected chi connectivity index (χ1v) is 8.51. The molecule has 0 aliphatic heterocycles. The second kappa shape index (κ2) is 8.51. The summed E-state index contributed by atoms with van der Waals surface area (Å²) in [5, 5.41) is 2.89. The third kappa shape index (κ3) is 4.68. The number of carbonyl (C=O) groups excluding carboxylic acids is 1. The maximum absolute atomic E-state index is 11.7. The average Bonchev–Trinajstić information content (AvgIpc) is 2.90. The van der Waals surface area contributed by atoms with Crippen molar-refractivity contribution in [3.8, 4) is 0 Å². The number of hydrogen-bond donors (Lipinski definition) is 1. The van der Waals surface area contributed by atoms with E-state index in [2.05, 4.69) is 34.4 Å². The summed E-state index contributed by atoms with van der Waals surface area (Å²) in [6.07, 6.45) is 6.21. The molecule has 0 radical (unpaired) electrons. The quantitative estimate of drug-likeness (QED) is 0.557. The fourth-order valence-electron chi connectivity index (χ4n) is 2.69. The molecule has 0 spiro atoms. The fraction of sp³-hybridized carbons (Fsp3) is 0.474. The molecule has 4 heteroatoms. The van der Waals surface area contributed by atoms with E-state index >= 15 is 0 Å². The van der Waals surface area contributed by atoms with Gasteiger partial charge in [-0.2, -0.15) is 0 Å². The van der Waals surface area contributed by atoms with E-state index in [1.165, 1.54) is 25.7 Å². The summed E-state index contributed by atoms with van der Waals surface area (Å²) in [6, 6.07) is 8.15. The normalized spacial score (nSPS) is 10.9. The molecule has 0 atom stereocenters. The van der Waals surface area contributed by atoms with Gasteiger partial charge in [0, 0.05) is 12.1 Å². The number of unbranched alkanes of at least 4 members (excludes halogenated alkanes) is 4. The summed E-state index contributed by atoms with van der Waals surface area (Å²) in [6.45, 7) is 9.00. The van der Waals surface area contributed by atoms with Crippen LogP contribution in [0.5, 0.6) is 0 Å². The number of fused-ring (bicyclic) bond motifs is 1. The van der Waals surface area contributed by atoms with Crippen LogP contribution in [0, 0.1) is 0 Å². The number of aromatic nitrogens is 2. The lowest BCUT2D eigenvalue weighted by Gasteiger charge is -2.10. The lowest BCUT2D eigenvalue weighted by atomic mass is 10.1.